The molecule has 2 atom stereocenters. The summed E-state index contributed by atoms with van der Waals surface area (Å²) in [6.07, 6.45) is 2.98. The Kier molecular flexibility index (Phi) is 2.22. The van der Waals surface area contributed by atoms with Crippen LogP contribution in [0.1, 0.15) is 20.8 Å². The van der Waals surface area contributed by atoms with Crippen molar-refractivity contribution in [3.05, 3.63) is 24.3 Å². The van der Waals surface area contributed by atoms with Crippen LogP contribution in [0.4, 0.5) is 10.1 Å². The number of fused-ring (bicyclic) bond motifs is 1. The van der Waals surface area contributed by atoms with Crippen LogP contribution in [0.5, 0.6) is 0 Å². The van der Waals surface area contributed by atoms with E-state index >= 15 is 0 Å². The Balaban J connectivity index is 1.72. The zero-order valence-corrected chi connectivity index (χ0v) is 10.7. The number of aromatic nitrogens is 1. The third kappa shape index (κ3) is 1.72. The average Bonchev–Trinajstić information content (AvgIpc) is 2.78. The first kappa shape index (κ1) is 11.0. The highest BCUT2D eigenvalue weighted by molar-refractivity contribution is 5.49. The number of hydrogen-bond acceptors (Lipinski definition) is 2. The quantitative estimate of drug-likeness (QED) is 0.742. The molecule has 0 spiro atoms. The Morgan fingerprint density at radius 1 is 1.29 bits per heavy atom. The van der Waals surface area contributed by atoms with Crippen LogP contribution in [0.15, 0.2) is 18.5 Å². The van der Waals surface area contributed by atoms with Crippen molar-refractivity contribution in [2.75, 3.05) is 18.0 Å². The molecular weight excluding hydrogens is 215 g/mol. The van der Waals surface area contributed by atoms with Gasteiger partial charge >= 0.3 is 0 Å². The molecule has 0 N–H and O–H groups in total. The molecule has 1 aliphatic carbocycles. The van der Waals surface area contributed by atoms with Gasteiger partial charge in [0.25, 0.3) is 0 Å². The molecule has 2 nitrogen and oxygen atoms in total. The highest BCUT2D eigenvalue weighted by Gasteiger charge is 2.59. The maximum atomic E-state index is 13.6. The van der Waals surface area contributed by atoms with Crippen molar-refractivity contribution in [1.29, 1.82) is 0 Å². The van der Waals surface area contributed by atoms with E-state index in [1.807, 2.05) is 0 Å². The van der Waals surface area contributed by atoms with E-state index in [0.717, 1.165) is 36.5 Å². The van der Waals surface area contributed by atoms with Crippen molar-refractivity contribution in [2.24, 2.45) is 23.2 Å². The van der Waals surface area contributed by atoms with Crippen LogP contribution in [0.2, 0.25) is 0 Å². The molecule has 0 amide bonds. The smallest absolute Gasteiger partial charge is 0.164 e. The Morgan fingerprint density at radius 2 is 1.94 bits per heavy atom. The standard InChI is InChI=1S/C14H19FN2/c1-14(2,3)13-9-7-17(8-10(9)13)12-4-5-16-6-11(12)15/h4-6,9-10,13H,7-8H2,1-3H3. The number of pyridine rings is 1. The minimum absolute atomic E-state index is 0.193. The lowest BCUT2D eigenvalue weighted by molar-refractivity contribution is 0.309. The summed E-state index contributed by atoms with van der Waals surface area (Å²) in [5, 5.41) is 0. The van der Waals surface area contributed by atoms with Gasteiger partial charge in [0.05, 0.1) is 11.9 Å². The summed E-state index contributed by atoms with van der Waals surface area (Å²) >= 11 is 0. The molecule has 2 aliphatic rings. The minimum atomic E-state index is -0.193. The molecule has 0 radical (unpaired) electrons. The number of nitrogens with zero attached hydrogens (tertiary/aromatic N) is 2. The Hall–Kier alpha value is -1.12. The third-order valence-electron chi connectivity index (χ3n) is 4.29. The summed E-state index contributed by atoms with van der Waals surface area (Å²) < 4.78 is 13.6. The fourth-order valence-electron chi connectivity index (χ4n) is 3.63. The third-order valence-corrected chi connectivity index (χ3v) is 4.29. The van der Waals surface area contributed by atoms with Crippen LogP contribution in [0.25, 0.3) is 0 Å². The topological polar surface area (TPSA) is 16.1 Å². The van der Waals surface area contributed by atoms with E-state index in [4.69, 9.17) is 0 Å². The zero-order chi connectivity index (χ0) is 12.2. The largest absolute Gasteiger partial charge is 0.368 e. The van der Waals surface area contributed by atoms with Crippen molar-refractivity contribution in [3.63, 3.8) is 0 Å². The van der Waals surface area contributed by atoms with Gasteiger partial charge in [-0.05, 0) is 29.2 Å². The molecule has 92 valence electrons. The molecule has 17 heavy (non-hydrogen) atoms. The maximum Gasteiger partial charge on any atom is 0.164 e. The summed E-state index contributed by atoms with van der Waals surface area (Å²) in [5.74, 6) is 2.16. The Labute approximate surface area is 102 Å². The summed E-state index contributed by atoms with van der Waals surface area (Å²) in [7, 11) is 0. The summed E-state index contributed by atoms with van der Waals surface area (Å²) in [6, 6.07) is 1.78. The van der Waals surface area contributed by atoms with E-state index in [9.17, 15) is 4.39 Å². The monoisotopic (exact) mass is 234 g/mol. The van der Waals surface area contributed by atoms with Gasteiger partial charge in [0.15, 0.2) is 5.82 Å². The minimum Gasteiger partial charge on any atom is -0.368 e. The van der Waals surface area contributed by atoms with Gasteiger partial charge in [-0.2, -0.15) is 0 Å². The predicted octanol–water partition coefficient (Wildman–Crippen LogP) is 2.95. The molecule has 0 aromatic carbocycles. The van der Waals surface area contributed by atoms with Crippen LogP contribution in [-0.4, -0.2) is 18.1 Å². The second-order valence-corrected chi connectivity index (χ2v) is 6.45. The summed E-state index contributed by atoms with van der Waals surface area (Å²) in [5.41, 5.74) is 1.12. The van der Waals surface area contributed by atoms with Crippen molar-refractivity contribution >= 4 is 5.69 Å². The van der Waals surface area contributed by atoms with Gasteiger partial charge in [0, 0.05) is 19.3 Å². The molecule has 1 saturated carbocycles. The number of piperidine rings is 1. The van der Waals surface area contributed by atoms with E-state index in [-0.39, 0.29) is 5.82 Å². The van der Waals surface area contributed by atoms with E-state index in [1.165, 1.54) is 6.20 Å². The van der Waals surface area contributed by atoms with E-state index < -0.39 is 0 Å². The lowest BCUT2D eigenvalue weighted by atomic mass is 9.87. The molecule has 2 heterocycles. The molecule has 2 unspecified atom stereocenters. The molecule has 2 fully saturated rings. The molecule has 3 rings (SSSR count). The number of hydrogen-bond donors (Lipinski definition) is 0. The first-order valence-corrected chi connectivity index (χ1v) is 6.33. The molecule has 1 aliphatic heterocycles. The van der Waals surface area contributed by atoms with Crippen molar-refractivity contribution < 1.29 is 4.39 Å². The Morgan fingerprint density at radius 3 is 2.47 bits per heavy atom. The summed E-state index contributed by atoms with van der Waals surface area (Å²) in [6.45, 7) is 8.95. The number of halogens is 1. The lowest BCUT2D eigenvalue weighted by Gasteiger charge is -2.27. The molecular formula is C14H19FN2. The van der Waals surface area contributed by atoms with Crippen molar-refractivity contribution in [2.45, 2.75) is 20.8 Å². The first-order valence-electron chi connectivity index (χ1n) is 6.33. The lowest BCUT2D eigenvalue weighted by Crippen LogP contribution is -2.28. The van der Waals surface area contributed by atoms with Gasteiger partial charge in [-0.1, -0.05) is 20.8 Å². The van der Waals surface area contributed by atoms with Gasteiger partial charge in [-0.15, -0.1) is 0 Å². The SMILES string of the molecule is CC(C)(C)C1C2CN(c3ccncc3F)CC21. The number of rotatable bonds is 1. The normalized spacial score (nSPS) is 31.5. The molecule has 1 saturated heterocycles. The second-order valence-electron chi connectivity index (χ2n) is 6.45. The van der Waals surface area contributed by atoms with Gasteiger partial charge in [-0.25, -0.2) is 4.39 Å². The molecule has 1 aromatic rings. The van der Waals surface area contributed by atoms with Gasteiger partial charge < -0.3 is 4.90 Å². The first-order chi connectivity index (χ1) is 7.98. The van der Waals surface area contributed by atoms with E-state index in [0.29, 0.717) is 5.41 Å². The fourth-order valence-corrected chi connectivity index (χ4v) is 3.63. The average molecular weight is 234 g/mol. The van der Waals surface area contributed by atoms with Gasteiger partial charge in [0.1, 0.15) is 0 Å². The maximum absolute atomic E-state index is 13.6. The highest BCUT2D eigenvalue weighted by Crippen LogP contribution is 2.60. The van der Waals surface area contributed by atoms with Gasteiger partial charge in [0.2, 0.25) is 0 Å². The van der Waals surface area contributed by atoms with Crippen LogP contribution in [-0.2, 0) is 0 Å². The molecule has 3 heteroatoms. The van der Waals surface area contributed by atoms with E-state index in [2.05, 4.69) is 30.7 Å². The number of anilines is 1. The molecule has 0 bridgehead atoms. The predicted molar refractivity (Wildman–Crippen MR) is 66.3 cm³/mol. The molecule has 1 aromatic heterocycles. The Bertz CT molecular complexity index is 426. The van der Waals surface area contributed by atoms with Gasteiger partial charge in [-0.3, -0.25) is 4.98 Å². The van der Waals surface area contributed by atoms with Crippen LogP contribution in [0, 0.1) is 29.0 Å². The summed E-state index contributed by atoms with van der Waals surface area (Å²) in [4.78, 5) is 5.97. The fraction of sp³-hybridized carbons (Fsp3) is 0.643. The van der Waals surface area contributed by atoms with Crippen LogP contribution in [0.3, 0.4) is 0 Å². The zero-order valence-electron chi connectivity index (χ0n) is 10.7. The highest BCUT2D eigenvalue weighted by atomic mass is 19.1. The van der Waals surface area contributed by atoms with Crippen molar-refractivity contribution in [3.8, 4) is 0 Å². The van der Waals surface area contributed by atoms with E-state index in [1.54, 1.807) is 12.3 Å². The van der Waals surface area contributed by atoms with Crippen LogP contribution >= 0.6 is 0 Å². The van der Waals surface area contributed by atoms with Crippen LogP contribution < -0.4 is 4.90 Å². The second kappa shape index (κ2) is 3.44. The van der Waals surface area contributed by atoms with Crippen molar-refractivity contribution in [1.82, 2.24) is 4.98 Å².